The third kappa shape index (κ3) is 1.99. The maximum Gasteiger partial charge on any atom is 0.0910 e. The largest absolute Gasteiger partial charge is 0.320 e. The second-order valence-corrected chi connectivity index (χ2v) is 4.87. The third-order valence-corrected chi connectivity index (χ3v) is 3.51. The van der Waals surface area contributed by atoms with Crippen molar-refractivity contribution in [3.63, 3.8) is 0 Å². The number of hydrogen-bond acceptors (Lipinski definition) is 2. The summed E-state index contributed by atoms with van der Waals surface area (Å²) in [4.78, 5) is 0. The highest BCUT2D eigenvalue weighted by atomic mass is 15.4. The number of benzene rings is 1. The van der Waals surface area contributed by atoms with E-state index in [2.05, 4.69) is 59.4 Å². The Labute approximate surface area is 112 Å². The van der Waals surface area contributed by atoms with Crippen LogP contribution in [0.4, 0.5) is 0 Å². The van der Waals surface area contributed by atoms with Crippen molar-refractivity contribution in [2.75, 3.05) is 5.43 Å². The molecule has 3 aromatic rings. The number of fused-ring (bicyclic) bond motifs is 1. The summed E-state index contributed by atoms with van der Waals surface area (Å²) in [7, 11) is 1.98. The number of rotatable bonds is 3. The van der Waals surface area contributed by atoms with Crippen LogP contribution in [0.15, 0.2) is 36.4 Å². The van der Waals surface area contributed by atoms with Crippen molar-refractivity contribution in [1.29, 1.82) is 0 Å². The average molecular weight is 254 g/mol. The van der Waals surface area contributed by atoms with E-state index in [1.807, 2.05) is 17.8 Å². The molecule has 1 N–H and O–H groups in total. The van der Waals surface area contributed by atoms with E-state index in [4.69, 9.17) is 0 Å². The van der Waals surface area contributed by atoms with E-state index >= 15 is 0 Å². The van der Waals surface area contributed by atoms with Crippen molar-refractivity contribution in [1.82, 2.24) is 14.5 Å². The molecule has 2 aromatic heterocycles. The molecule has 0 radical (unpaired) electrons. The fourth-order valence-electron chi connectivity index (χ4n) is 2.49. The van der Waals surface area contributed by atoms with Crippen LogP contribution in [0.3, 0.4) is 0 Å². The first kappa shape index (κ1) is 11.8. The monoisotopic (exact) mass is 254 g/mol. The Balaban J connectivity index is 1.90. The smallest absolute Gasteiger partial charge is 0.0910 e. The molecule has 4 heteroatoms. The SMILES string of the molecule is Cc1ccc(C)n1NCc1nn(C)c2ccccc12. The van der Waals surface area contributed by atoms with Gasteiger partial charge in [0, 0.05) is 23.8 Å². The summed E-state index contributed by atoms with van der Waals surface area (Å²) in [6.07, 6.45) is 0. The molecule has 0 aliphatic rings. The molecule has 4 nitrogen and oxygen atoms in total. The number of hydrogen-bond donors (Lipinski definition) is 1. The summed E-state index contributed by atoms with van der Waals surface area (Å²) < 4.78 is 4.03. The molecule has 0 fully saturated rings. The molecule has 0 aliphatic carbocycles. The van der Waals surface area contributed by atoms with Crippen LogP contribution in [0.25, 0.3) is 10.9 Å². The highest BCUT2D eigenvalue weighted by Gasteiger charge is 2.08. The molecular formula is C15H18N4. The van der Waals surface area contributed by atoms with Crippen molar-refractivity contribution in [2.24, 2.45) is 7.05 Å². The molecule has 0 spiro atoms. The molecule has 0 atom stereocenters. The lowest BCUT2D eigenvalue weighted by molar-refractivity contribution is 0.737. The molecule has 98 valence electrons. The van der Waals surface area contributed by atoms with E-state index in [9.17, 15) is 0 Å². The van der Waals surface area contributed by atoms with Gasteiger partial charge < -0.3 is 5.43 Å². The van der Waals surface area contributed by atoms with Crippen LogP contribution in [-0.4, -0.2) is 14.5 Å². The van der Waals surface area contributed by atoms with E-state index in [0.717, 1.165) is 12.2 Å². The van der Waals surface area contributed by atoms with Gasteiger partial charge in [-0.2, -0.15) is 5.10 Å². The summed E-state index contributed by atoms with van der Waals surface area (Å²) >= 11 is 0. The van der Waals surface area contributed by atoms with Gasteiger partial charge in [0.1, 0.15) is 0 Å². The maximum absolute atomic E-state index is 4.59. The third-order valence-electron chi connectivity index (χ3n) is 3.51. The van der Waals surface area contributed by atoms with Crippen LogP contribution >= 0.6 is 0 Å². The van der Waals surface area contributed by atoms with E-state index in [1.54, 1.807) is 0 Å². The van der Waals surface area contributed by atoms with Gasteiger partial charge in [0.15, 0.2) is 0 Å². The predicted octanol–water partition coefficient (Wildman–Crippen LogP) is 2.74. The zero-order valence-electron chi connectivity index (χ0n) is 11.5. The zero-order chi connectivity index (χ0) is 13.4. The first-order chi connectivity index (χ1) is 9.16. The van der Waals surface area contributed by atoms with Crippen LogP contribution < -0.4 is 5.43 Å². The van der Waals surface area contributed by atoms with E-state index in [0.29, 0.717) is 0 Å². The van der Waals surface area contributed by atoms with Gasteiger partial charge in [-0.05, 0) is 32.0 Å². The molecule has 2 heterocycles. The maximum atomic E-state index is 4.59. The van der Waals surface area contributed by atoms with Crippen LogP contribution in [0.5, 0.6) is 0 Å². The number of aryl methyl sites for hydroxylation is 3. The van der Waals surface area contributed by atoms with Crippen molar-refractivity contribution in [2.45, 2.75) is 20.4 Å². The fraction of sp³-hybridized carbons (Fsp3) is 0.267. The van der Waals surface area contributed by atoms with Crippen molar-refractivity contribution in [3.8, 4) is 0 Å². The van der Waals surface area contributed by atoms with Gasteiger partial charge in [-0.1, -0.05) is 18.2 Å². The lowest BCUT2D eigenvalue weighted by Crippen LogP contribution is -2.17. The quantitative estimate of drug-likeness (QED) is 0.780. The molecule has 0 amide bonds. The molecule has 0 saturated heterocycles. The lowest BCUT2D eigenvalue weighted by atomic mass is 10.2. The van der Waals surface area contributed by atoms with E-state index in [-0.39, 0.29) is 0 Å². The average Bonchev–Trinajstić information content (AvgIpc) is 2.90. The lowest BCUT2D eigenvalue weighted by Gasteiger charge is -2.11. The summed E-state index contributed by atoms with van der Waals surface area (Å²) in [6.45, 7) is 4.91. The van der Waals surface area contributed by atoms with E-state index < -0.39 is 0 Å². The van der Waals surface area contributed by atoms with Crippen LogP contribution in [0.2, 0.25) is 0 Å². The predicted molar refractivity (Wildman–Crippen MR) is 77.7 cm³/mol. The van der Waals surface area contributed by atoms with E-state index in [1.165, 1.54) is 22.3 Å². The minimum atomic E-state index is 0.720. The minimum Gasteiger partial charge on any atom is -0.320 e. The van der Waals surface area contributed by atoms with Crippen molar-refractivity contribution >= 4 is 10.9 Å². The number of para-hydroxylation sites is 1. The highest BCUT2D eigenvalue weighted by Crippen LogP contribution is 2.17. The minimum absolute atomic E-state index is 0.720. The van der Waals surface area contributed by atoms with Crippen molar-refractivity contribution < 1.29 is 0 Å². The molecule has 19 heavy (non-hydrogen) atoms. The highest BCUT2D eigenvalue weighted by molar-refractivity contribution is 5.81. The molecule has 0 aliphatic heterocycles. The van der Waals surface area contributed by atoms with Gasteiger partial charge in [-0.15, -0.1) is 0 Å². The Morgan fingerprint density at radius 3 is 2.47 bits per heavy atom. The second-order valence-electron chi connectivity index (χ2n) is 4.87. The number of aromatic nitrogens is 3. The van der Waals surface area contributed by atoms with Gasteiger partial charge in [0.05, 0.1) is 17.8 Å². The summed E-state index contributed by atoms with van der Waals surface area (Å²) in [6, 6.07) is 12.5. The standard InChI is InChI=1S/C15H18N4/c1-11-8-9-12(2)19(11)16-10-14-13-6-4-5-7-15(13)18(3)17-14/h4-9,16H,10H2,1-3H3. The van der Waals surface area contributed by atoms with Gasteiger partial charge >= 0.3 is 0 Å². The molecule has 3 rings (SSSR count). The Kier molecular flexibility index (Phi) is 2.78. The topological polar surface area (TPSA) is 34.8 Å². The molecule has 0 bridgehead atoms. The van der Waals surface area contributed by atoms with Gasteiger partial charge in [0.2, 0.25) is 0 Å². The van der Waals surface area contributed by atoms with Crippen LogP contribution in [-0.2, 0) is 13.6 Å². The molecule has 0 saturated carbocycles. The number of nitrogens with zero attached hydrogens (tertiary/aromatic N) is 3. The van der Waals surface area contributed by atoms with Crippen molar-refractivity contribution in [3.05, 3.63) is 53.5 Å². The molecular weight excluding hydrogens is 236 g/mol. The summed E-state index contributed by atoms with van der Waals surface area (Å²) in [5, 5.41) is 5.80. The van der Waals surface area contributed by atoms with Crippen LogP contribution in [0.1, 0.15) is 17.1 Å². The second kappa shape index (κ2) is 4.46. The van der Waals surface area contributed by atoms with Crippen LogP contribution in [0, 0.1) is 13.8 Å². The summed E-state index contributed by atoms with van der Waals surface area (Å²) in [5.41, 5.74) is 8.08. The van der Waals surface area contributed by atoms with Gasteiger partial charge in [-0.25, -0.2) is 0 Å². The first-order valence-electron chi connectivity index (χ1n) is 6.46. The fourth-order valence-corrected chi connectivity index (χ4v) is 2.49. The number of nitrogens with one attached hydrogen (secondary N) is 1. The Morgan fingerprint density at radius 1 is 1.05 bits per heavy atom. The summed E-state index contributed by atoms with van der Waals surface area (Å²) in [5.74, 6) is 0. The first-order valence-corrected chi connectivity index (χ1v) is 6.46. The Morgan fingerprint density at radius 2 is 1.74 bits per heavy atom. The zero-order valence-corrected chi connectivity index (χ0v) is 11.5. The Hall–Kier alpha value is -2.23. The molecule has 0 unspecified atom stereocenters. The van der Waals surface area contributed by atoms with Gasteiger partial charge in [-0.3, -0.25) is 9.36 Å². The normalized spacial score (nSPS) is 11.1. The Bertz CT molecular complexity index is 701. The molecule has 1 aromatic carbocycles. The van der Waals surface area contributed by atoms with Gasteiger partial charge in [0.25, 0.3) is 0 Å².